The second-order valence-electron chi connectivity index (χ2n) is 7.14. The number of carbonyl (C=O) groups is 1. The van der Waals surface area contributed by atoms with E-state index in [0.29, 0.717) is 41.5 Å². The molecule has 0 saturated carbocycles. The molecule has 1 aliphatic heterocycles. The van der Waals surface area contributed by atoms with Gasteiger partial charge >= 0.3 is 6.36 Å². The lowest BCUT2D eigenvalue weighted by molar-refractivity contribution is -0.274. The van der Waals surface area contributed by atoms with Gasteiger partial charge in [0.2, 0.25) is 12.7 Å². The van der Waals surface area contributed by atoms with Gasteiger partial charge in [-0.2, -0.15) is 0 Å². The van der Waals surface area contributed by atoms with Crippen LogP contribution in [-0.2, 0) is 11.3 Å². The Labute approximate surface area is 195 Å². The van der Waals surface area contributed by atoms with Gasteiger partial charge in [-0.25, -0.2) is 4.99 Å². The standard InChI is InChI=1S/C22H20F3N3O5S/c23-22(24,25)33-16-5-3-15(4-6-16)27-21-28(9-1-8-26-20(30)11-29)17(12-34-21)14-2-7-18-19(10-14)32-13-31-18/h2-7,10,12,29H,1,8-9,11,13H2,(H,26,30)/b27-21-. The summed E-state index contributed by atoms with van der Waals surface area (Å²) in [4.78, 5) is 16.5. The molecule has 12 heteroatoms. The fourth-order valence-corrected chi connectivity index (χ4v) is 4.23. The maximum Gasteiger partial charge on any atom is 0.573 e. The molecule has 2 heterocycles. The van der Waals surface area contributed by atoms with Crippen LogP contribution in [0.25, 0.3) is 11.3 Å². The van der Waals surface area contributed by atoms with Crippen LogP contribution in [0, 0.1) is 0 Å². The minimum absolute atomic E-state index is 0.154. The molecule has 2 aromatic carbocycles. The van der Waals surface area contributed by atoms with E-state index in [1.54, 1.807) is 0 Å². The molecule has 0 spiro atoms. The van der Waals surface area contributed by atoms with Crippen molar-refractivity contribution in [3.05, 3.63) is 52.6 Å². The highest BCUT2D eigenvalue weighted by atomic mass is 32.1. The van der Waals surface area contributed by atoms with E-state index in [4.69, 9.17) is 14.6 Å². The SMILES string of the molecule is O=C(CO)NCCCn1c(-c2ccc3c(c2)OCO3)cs/c1=N\c1ccc(OC(F)(F)F)cc1. The zero-order chi connectivity index (χ0) is 24.1. The van der Waals surface area contributed by atoms with E-state index in [0.717, 1.165) is 11.3 Å². The molecule has 0 radical (unpaired) electrons. The molecule has 180 valence electrons. The summed E-state index contributed by atoms with van der Waals surface area (Å²) >= 11 is 1.37. The molecule has 0 atom stereocenters. The first-order chi connectivity index (χ1) is 16.3. The van der Waals surface area contributed by atoms with Crippen LogP contribution in [-0.4, -0.2) is 41.9 Å². The number of fused-ring (bicyclic) bond motifs is 1. The second-order valence-corrected chi connectivity index (χ2v) is 7.97. The number of thiazole rings is 1. The Balaban J connectivity index is 1.63. The molecule has 1 amide bonds. The first kappa shape index (κ1) is 23.6. The number of ether oxygens (including phenoxy) is 3. The number of hydrogen-bond acceptors (Lipinski definition) is 7. The van der Waals surface area contributed by atoms with E-state index in [-0.39, 0.29) is 12.5 Å². The number of hydrogen-bond donors (Lipinski definition) is 2. The third kappa shape index (κ3) is 5.88. The van der Waals surface area contributed by atoms with E-state index in [2.05, 4.69) is 15.0 Å². The zero-order valence-corrected chi connectivity index (χ0v) is 18.5. The number of halogens is 3. The molecule has 0 fully saturated rings. The van der Waals surface area contributed by atoms with Crippen LogP contribution in [0.3, 0.4) is 0 Å². The molecule has 8 nitrogen and oxygen atoms in total. The van der Waals surface area contributed by atoms with Crippen molar-refractivity contribution in [2.24, 2.45) is 4.99 Å². The third-order valence-electron chi connectivity index (χ3n) is 4.79. The number of amides is 1. The highest BCUT2D eigenvalue weighted by molar-refractivity contribution is 7.07. The number of nitrogens with one attached hydrogen (secondary N) is 1. The topological polar surface area (TPSA) is 94.3 Å². The van der Waals surface area contributed by atoms with Gasteiger partial charge in [0.15, 0.2) is 16.3 Å². The summed E-state index contributed by atoms with van der Waals surface area (Å²) in [5.41, 5.74) is 2.18. The minimum atomic E-state index is -4.76. The normalized spacial score (nSPS) is 13.2. The number of aliphatic hydroxyl groups is 1. The van der Waals surface area contributed by atoms with Crippen LogP contribution in [0.4, 0.5) is 18.9 Å². The molecular weight excluding hydrogens is 475 g/mol. The van der Waals surface area contributed by atoms with E-state index >= 15 is 0 Å². The summed E-state index contributed by atoms with van der Waals surface area (Å²) < 4.78 is 53.9. The predicted octanol–water partition coefficient (Wildman–Crippen LogP) is 3.57. The number of rotatable bonds is 8. The summed E-state index contributed by atoms with van der Waals surface area (Å²) in [6, 6.07) is 10.9. The number of nitrogens with zero attached hydrogens (tertiary/aromatic N) is 2. The fraction of sp³-hybridized carbons (Fsp3) is 0.273. The van der Waals surface area contributed by atoms with Crippen molar-refractivity contribution in [2.75, 3.05) is 19.9 Å². The minimum Gasteiger partial charge on any atom is -0.454 e. The van der Waals surface area contributed by atoms with Gasteiger partial charge < -0.3 is 29.2 Å². The number of carbonyl (C=O) groups excluding carboxylic acids is 1. The van der Waals surface area contributed by atoms with E-state index in [1.165, 1.54) is 35.6 Å². The average molecular weight is 495 g/mol. The van der Waals surface area contributed by atoms with Crippen molar-refractivity contribution in [1.29, 1.82) is 0 Å². The predicted molar refractivity (Wildman–Crippen MR) is 117 cm³/mol. The van der Waals surface area contributed by atoms with Crippen LogP contribution in [0.15, 0.2) is 52.8 Å². The average Bonchev–Trinajstić information content (AvgIpc) is 3.43. The van der Waals surface area contributed by atoms with Crippen LogP contribution in [0.1, 0.15) is 6.42 Å². The van der Waals surface area contributed by atoms with E-state index < -0.39 is 18.9 Å². The Bertz CT molecular complexity index is 1220. The van der Waals surface area contributed by atoms with Gasteiger partial charge in [-0.3, -0.25) is 4.79 Å². The number of benzene rings is 2. The van der Waals surface area contributed by atoms with Gasteiger partial charge in [-0.15, -0.1) is 24.5 Å². The Kier molecular flexibility index (Phi) is 7.08. The Morgan fingerprint density at radius 2 is 1.94 bits per heavy atom. The summed E-state index contributed by atoms with van der Waals surface area (Å²) in [6.07, 6.45) is -4.20. The smallest absolute Gasteiger partial charge is 0.454 e. The number of aromatic nitrogens is 1. The second kappa shape index (κ2) is 10.2. The van der Waals surface area contributed by atoms with Gasteiger partial charge in [0.1, 0.15) is 12.4 Å². The summed E-state index contributed by atoms with van der Waals surface area (Å²) in [5, 5.41) is 13.4. The van der Waals surface area contributed by atoms with E-state index in [9.17, 15) is 18.0 Å². The molecule has 0 bridgehead atoms. The lowest BCUT2D eigenvalue weighted by Crippen LogP contribution is -2.28. The Morgan fingerprint density at radius 3 is 2.68 bits per heavy atom. The largest absolute Gasteiger partial charge is 0.573 e. The Hall–Kier alpha value is -3.51. The van der Waals surface area contributed by atoms with Gasteiger partial charge in [0.25, 0.3) is 0 Å². The number of aliphatic hydroxyl groups excluding tert-OH is 1. The third-order valence-corrected chi connectivity index (χ3v) is 5.65. The quantitative estimate of drug-likeness (QED) is 0.466. The molecule has 2 N–H and O–H groups in total. The monoisotopic (exact) mass is 495 g/mol. The van der Waals surface area contributed by atoms with Crippen molar-refractivity contribution in [3.8, 4) is 28.5 Å². The van der Waals surface area contributed by atoms with Crippen LogP contribution < -0.4 is 24.3 Å². The molecule has 1 aliphatic rings. The van der Waals surface area contributed by atoms with Crippen molar-refractivity contribution >= 4 is 22.9 Å². The first-order valence-electron chi connectivity index (χ1n) is 10.2. The maximum absolute atomic E-state index is 12.4. The van der Waals surface area contributed by atoms with Gasteiger partial charge in [0, 0.05) is 24.0 Å². The van der Waals surface area contributed by atoms with E-state index in [1.807, 2.05) is 28.1 Å². The molecule has 3 aromatic rings. The molecule has 0 aliphatic carbocycles. The van der Waals surface area contributed by atoms with Crippen molar-refractivity contribution in [2.45, 2.75) is 19.3 Å². The maximum atomic E-state index is 12.4. The fourth-order valence-electron chi connectivity index (χ4n) is 3.28. The molecular formula is C22H20F3N3O5S. The van der Waals surface area contributed by atoms with Crippen LogP contribution in [0.5, 0.6) is 17.2 Å². The zero-order valence-electron chi connectivity index (χ0n) is 17.7. The molecule has 34 heavy (non-hydrogen) atoms. The summed E-state index contributed by atoms with van der Waals surface area (Å²) in [7, 11) is 0. The molecule has 0 saturated heterocycles. The van der Waals surface area contributed by atoms with Gasteiger partial charge in [-0.05, 0) is 48.9 Å². The first-order valence-corrected chi connectivity index (χ1v) is 11.1. The van der Waals surface area contributed by atoms with Gasteiger partial charge in [0.05, 0.1) is 11.4 Å². The Morgan fingerprint density at radius 1 is 1.18 bits per heavy atom. The summed E-state index contributed by atoms with van der Waals surface area (Å²) in [6.45, 7) is 0.420. The highest BCUT2D eigenvalue weighted by Gasteiger charge is 2.31. The van der Waals surface area contributed by atoms with Crippen LogP contribution >= 0.6 is 11.3 Å². The van der Waals surface area contributed by atoms with Crippen molar-refractivity contribution in [3.63, 3.8) is 0 Å². The molecule has 1 aromatic heterocycles. The van der Waals surface area contributed by atoms with Crippen molar-refractivity contribution in [1.82, 2.24) is 9.88 Å². The molecule has 4 rings (SSSR count). The number of alkyl halides is 3. The lowest BCUT2D eigenvalue weighted by atomic mass is 10.1. The lowest BCUT2D eigenvalue weighted by Gasteiger charge is -2.11. The van der Waals surface area contributed by atoms with Crippen LogP contribution in [0.2, 0.25) is 0 Å². The van der Waals surface area contributed by atoms with Crippen molar-refractivity contribution < 1.29 is 37.3 Å². The summed E-state index contributed by atoms with van der Waals surface area (Å²) in [5.74, 6) is 0.496. The van der Waals surface area contributed by atoms with Gasteiger partial charge in [-0.1, -0.05) is 0 Å². The highest BCUT2D eigenvalue weighted by Crippen LogP contribution is 2.36. The molecule has 0 unspecified atom stereocenters.